The Hall–Kier alpha value is -0.570. The van der Waals surface area contributed by atoms with E-state index in [0.717, 1.165) is 19.3 Å². The van der Waals surface area contributed by atoms with Crippen LogP contribution in [0, 0.1) is 0 Å². The van der Waals surface area contributed by atoms with Gasteiger partial charge in [-0.25, -0.2) is 0 Å². The van der Waals surface area contributed by atoms with Crippen molar-refractivity contribution in [1.29, 1.82) is 0 Å². The van der Waals surface area contributed by atoms with Crippen molar-refractivity contribution < 1.29 is 9.53 Å². The minimum atomic E-state index is -0.0116. The lowest BCUT2D eigenvalue weighted by molar-refractivity contribution is -0.133. The molecule has 0 heterocycles. The maximum atomic E-state index is 9.83. The third-order valence-electron chi connectivity index (χ3n) is 1.73. The van der Waals surface area contributed by atoms with Crippen molar-refractivity contribution in [2.24, 2.45) is 5.73 Å². The summed E-state index contributed by atoms with van der Waals surface area (Å²) in [6, 6.07) is 0.0789. The van der Waals surface area contributed by atoms with Crippen LogP contribution >= 0.6 is 0 Å². The summed E-state index contributed by atoms with van der Waals surface area (Å²) < 4.78 is 4.71. The van der Waals surface area contributed by atoms with Crippen molar-refractivity contribution >= 4 is 6.47 Å². The number of hydrogen-bond acceptors (Lipinski definition) is 3. The fraction of sp³-hybridized carbons (Fsp3) is 0.833. The summed E-state index contributed by atoms with van der Waals surface area (Å²) >= 11 is 0. The summed E-state index contributed by atoms with van der Waals surface area (Å²) in [5.41, 5.74) is 5.58. The lowest BCUT2D eigenvalue weighted by Gasteiger charge is -2.11. The fourth-order valence-corrected chi connectivity index (χ4v) is 1.20. The topological polar surface area (TPSA) is 52.3 Å². The minimum absolute atomic E-state index is 0.0116. The van der Waals surface area contributed by atoms with E-state index in [1.165, 1.54) is 0 Å². The zero-order valence-electron chi connectivity index (χ0n) is 5.25. The van der Waals surface area contributed by atoms with E-state index in [1.807, 2.05) is 0 Å². The molecule has 9 heavy (non-hydrogen) atoms. The van der Waals surface area contributed by atoms with Gasteiger partial charge in [0, 0.05) is 6.04 Å². The summed E-state index contributed by atoms with van der Waals surface area (Å²) in [4.78, 5) is 9.83. The molecule has 1 aliphatic carbocycles. The van der Waals surface area contributed by atoms with Crippen LogP contribution in [0.25, 0.3) is 0 Å². The Labute approximate surface area is 54.2 Å². The Kier molecular flexibility index (Phi) is 2.05. The first kappa shape index (κ1) is 6.55. The van der Waals surface area contributed by atoms with Crippen molar-refractivity contribution in [3.8, 4) is 0 Å². The van der Waals surface area contributed by atoms with E-state index in [9.17, 15) is 4.79 Å². The van der Waals surface area contributed by atoms with E-state index in [1.54, 1.807) is 0 Å². The summed E-state index contributed by atoms with van der Waals surface area (Å²) in [5.74, 6) is 0. The van der Waals surface area contributed by atoms with Gasteiger partial charge in [0.2, 0.25) is 0 Å². The van der Waals surface area contributed by atoms with Gasteiger partial charge in [-0.2, -0.15) is 0 Å². The van der Waals surface area contributed by atoms with Crippen molar-refractivity contribution in [3.63, 3.8) is 0 Å². The zero-order valence-corrected chi connectivity index (χ0v) is 5.25. The number of nitrogens with two attached hydrogens (primary N) is 1. The van der Waals surface area contributed by atoms with E-state index < -0.39 is 0 Å². The molecule has 0 aromatic carbocycles. The van der Waals surface area contributed by atoms with Gasteiger partial charge in [0.05, 0.1) is 0 Å². The molecule has 3 heteroatoms. The highest BCUT2D eigenvalue weighted by Crippen LogP contribution is 2.19. The predicted octanol–water partition coefficient (Wildman–Crippen LogP) is 0.0392. The summed E-state index contributed by atoms with van der Waals surface area (Å²) in [6.45, 7) is 0.482. The van der Waals surface area contributed by atoms with Crippen LogP contribution in [-0.2, 0) is 9.53 Å². The number of carbonyl (C=O) groups is 1. The average molecular weight is 129 g/mol. The van der Waals surface area contributed by atoms with Crippen molar-refractivity contribution in [2.45, 2.75) is 31.4 Å². The van der Waals surface area contributed by atoms with Gasteiger partial charge in [-0.1, -0.05) is 0 Å². The van der Waals surface area contributed by atoms with Crippen molar-refractivity contribution in [3.05, 3.63) is 0 Å². The van der Waals surface area contributed by atoms with E-state index >= 15 is 0 Å². The number of carbonyl (C=O) groups excluding carboxylic acids is 1. The molecule has 3 nitrogen and oxygen atoms in total. The van der Waals surface area contributed by atoms with E-state index in [-0.39, 0.29) is 12.1 Å². The summed E-state index contributed by atoms with van der Waals surface area (Å²) in [5, 5.41) is 0. The molecule has 0 spiro atoms. The minimum Gasteiger partial charge on any atom is -0.463 e. The van der Waals surface area contributed by atoms with E-state index in [2.05, 4.69) is 0 Å². The Bertz CT molecular complexity index is 105. The van der Waals surface area contributed by atoms with Gasteiger partial charge in [0.15, 0.2) is 0 Å². The number of hydrogen-bond donors (Lipinski definition) is 1. The second-order valence-electron chi connectivity index (χ2n) is 2.37. The first-order chi connectivity index (χ1) is 4.34. The van der Waals surface area contributed by atoms with Crippen LogP contribution in [-0.4, -0.2) is 18.6 Å². The molecule has 2 N–H and O–H groups in total. The molecule has 1 saturated carbocycles. The molecule has 1 aliphatic rings. The van der Waals surface area contributed by atoms with Crippen LogP contribution < -0.4 is 5.73 Å². The molecule has 0 radical (unpaired) electrons. The highest BCUT2D eigenvalue weighted by Gasteiger charge is 2.24. The molecule has 0 aromatic rings. The quantitative estimate of drug-likeness (QED) is 0.535. The number of rotatable bonds is 2. The molecular formula is C6H11NO2. The van der Waals surface area contributed by atoms with Crippen LogP contribution in [0.5, 0.6) is 0 Å². The number of ether oxygens (including phenoxy) is 1. The molecule has 2 atom stereocenters. The maximum absolute atomic E-state index is 9.83. The molecular weight excluding hydrogens is 118 g/mol. The Morgan fingerprint density at radius 1 is 1.56 bits per heavy atom. The van der Waals surface area contributed by atoms with Gasteiger partial charge in [0.25, 0.3) is 6.47 Å². The maximum Gasteiger partial charge on any atom is 0.293 e. The standard InChI is InChI=1S/C6H11NO2/c7-5-2-1-3-6(5)9-4-8/h4-6H,1-3,7H2. The third kappa shape index (κ3) is 1.42. The summed E-state index contributed by atoms with van der Waals surface area (Å²) in [7, 11) is 0. The van der Waals surface area contributed by atoms with Crippen LogP contribution in [0.4, 0.5) is 0 Å². The molecule has 2 unspecified atom stereocenters. The van der Waals surface area contributed by atoms with E-state index in [4.69, 9.17) is 10.5 Å². The molecule has 0 aliphatic heterocycles. The molecule has 0 bridgehead atoms. The monoisotopic (exact) mass is 129 g/mol. The largest absolute Gasteiger partial charge is 0.463 e. The van der Waals surface area contributed by atoms with Crippen LogP contribution in [0.2, 0.25) is 0 Å². The van der Waals surface area contributed by atoms with Crippen LogP contribution in [0.1, 0.15) is 19.3 Å². The average Bonchev–Trinajstić information content (AvgIpc) is 2.18. The lowest BCUT2D eigenvalue weighted by atomic mass is 10.2. The SMILES string of the molecule is NC1CCCC1OC=O. The Morgan fingerprint density at radius 3 is 2.78 bits per heavy atom. The van der Waals surface area contributed by atoms with Gasteiger partial charge in [-0.15, -0.1) is 0 Å². The summed E-state index contributed by atoms with van der Waals surface area (Å²) in [6.07, 6.45) is 2.99. The fourth-order valence-electron chi connectivity index (χ4n) is 1.20. The van der Waals surface area contributed by atoms with Gasteiger partial charge >= 0.3 is 0 Å². The second-order valence-corrected chi connectivity index (χ2v) is 2.37. The molecule has 52 valence electrons. The Balaban J connectivity index is 2.30. The molecule has 0 aromatic heterocycles. The third-order valence-corrected chi connectivity index (χ3v) is 1.73. The van der Waals surface area contributed by atoms with Crippen LogP contribution in [0.3, 0.4) is 0 Å². The first-order valence-corrected chi connectivity index (χ1v) is 3.19. The highest BCUT2D eigenvalue weighted by atomic mass is 16.5. The van der Waals surface area contributed by atoms with Crippen molar-refractivity contribution in [2.75, 3.05) is 0 Å². The van der Waals surface area contributed by atoms with Crippen molar-refractivity contribution in [1.82, 2.24) is 0 Å². The normalized spacial score (nSPS) is 34.3. The second kappa shape index (κ2) is 2.82. The van der Waals surface area contributed by atoms with Gasteiger partial charge in [-0.05, 0) is 19.3 Å². The van der Waals surface area contributed by atoms with Gasteiger partial charge < -0.3 is 10.5 Å². The van der Waals surface area contributed by atoms with Crippen LogP contribution in [0.15, 0.2) is 0 Å². The zero-order chi connectivity index (χ0) is 6.69. The molecule has 0 amide bonds. The smallest absolute Gasteiger partial charge is 0.293 e. The first-order valence-electron chi connectivity index (χ1n) is 3.19. The van der Waals surface area contributed by atoms with E-state index in [0.29, 0.717) is 6.47 Å². The highest BCUT2D eigenvalue weighted by molar-refractivity contribution is 5.37. The predicted molar refractivity (Wildman–Crippen MR) is 32.8 cm³/mol. The lowest BCUT2D eigenvalue weighted by Crippen LogP contribution is -2.30. The molecule has 0 saturated heterocycles. The molecule has 1 rings (SSSR count). The van der Waals surface area contributed by atoms with Gasteiger partial charge in [-0.3, -0.25) is 4.79 Å². The van der Waals surface area contributed by atoms with Gasteiger partial charge in [0.1, 0.15) is 6.10 Å². The Morgan fingerprint density at radius 2 is 2.33 bits per heavy atom. The molecule has 1 fully saturated rings.